The number of nitrogen functional groups attached to an aromatic ring is 1. The number of nitrogens with zero attached hydrogens (tertiary/aromatic N) is 5. The number of aromatic nitrogens is 5. The number of hydrogen-bond donors (Lipinski definition) is 1. The van der Waals surface area contributed by atoms with Crippen LogP contribution in [0.5, 0.6) is 0 Å². The van der Waals surface area contributed by atoms with Crippen LogP contribution in [0, 0.1) is 0 Å². The molecule has 1 fully saturated rings. The van der Waals surface area contributed by atoms with Gasteiger partial charge in [-0.25, -0.2) is 4.68 Å². The maximum Gasteiger partial charge on any atom is 0.169 e. The summed E-state index contributed by atoms with van der Waals surface area (Å²) in [6, 6.07) is 0. The summed E-state index contributed by atoms with van der Waals surface area (Å²) in [5, 5.41) is 13.4. The first-order valence-electron chi connectivity index (χ1n) is 7.08. The third-order valence-corrected chi connectivity index (χ3v) is 4.19. The normalized spacial score (nSPS) is 14.9. The molecule has 108 valence electrons. The maximum absolute atomic E-state index is 6.44. The second kappa shape index (κ2) is 5.09. The van der Waals surface area contributed by atoms with Crippen LogP contribution in [-0.4, -0.2) is 24.8 Å². The van der Waals surface area contributed by atoms with Crippen molar-refractivity contribution >= 4 is 17.4 Å². The van der Waals surface area contributed by atoms with E-state index in [4.69, 9.17) is 17.3 Å². The van der Waals surface area contributed by atoms with Gasteiger partial charge >= 0.3 is 0 Å². The zero-order valence-electron chi connectivity index (χ0n) is 11.8. The van der Waals surface area contributed by atoms with E-state index >= 15 is 0 Å². The number of halogens is 1. The Morgan fingerprint density at radius 1 is 1.30 bits per heavy atom. The molecule has 2 aromatic rings. The van der Waals surface area contributed by atoms with E-state index in [1.54, 1.807) is 0 Å². The Hall–Kier alpha value is -1.56. The maximum atomic E-state index is 6.44. The van der Waals surface area contributed by atoms with Gasteiger partial charge in [-0.05, 0) is 26.2 Å². The van der Waals surface area contributed by atoms with E-state index in [1.807, 2.05) is 9.36 Å². The van der Waals surface area contributed by atoms with E-state index in [9.17, 15) is 0 Å². The van der Waals surface area contributed by atoms with Crippen LogP contribution in [0.1, 0.15) is 49.7 Å². The summed E-state index contributed by atoms with van der Waals surface area (Å²) in [5.41, 5.74) is 8.89. The van der Waals surface area contributed by atoms with Crippen LogP contribution < -0.4 is 5.73 Å². The predicted molar refractivity (Wildman–Crippen MR) is 77.8 cm³/mol. The Morgan fingerprint density at radius 3 is 2.65 bits per heavy atom. The molecule has 0 unspecified atom stereocenters. The van der Waals surface area contributed by atoms with Crippen molar-refractivity contribution in [2.24, 2.45) is 0 Å². The summed E-state index contributed by atoms with van der Waals surface area (Å²) < 4.78 is 3.82. The lowest BCUT2D eigenvalue weighted by Gasteiger charge is -2.08. The topological polar surface area (TPSA) is 74.5 Å². The van der Waals surface area contributed by atoms with Gasteiger partial charge < -0.3 is 5.73 Å². The molecule has 0 radical (unpaired) electrons. The minimum absolute atomic E-state index is 0.507. The summed E-state index contributed by atoms with van der Waals surface area (Å²) in [5.74, 6) is 1.05. The fourth-order valence-electron chi connectivity index (χ4n) is 2.54. The molecule has 0 spiro atoms. The largest absolute Gasteiger partial charge is 0.381 e. The predicted octanol–water partition coefficient (Wildman–Crippen LogP) is 2.22. The number of anilines is 1. The van der Waals surface area contributed by atoms with E-state index in [0.717, 1.165) is 35.1 Å². The van der Waals surface area contributed by atoms with Crippen LogP contribution in [0.25, 0.3) is 0 Å². The van der Waals surface area contributed by atoms with Crippen LogP contribution in [0.2, 0.25) is 5.02 Å². The van der Waals surface area contributed by atoms with Crippen molar-refractivity contribution in [2.75, 3.05) is 5.73 Å². The van der Waals surface area contributed by atoms with Crippen molar-refractivity contribution in [3.05, 3.63) is 22.1 Å². The van der Waals surface area contributed by atoms with Crippen molar-refractivity contribution in [1.29, 1.82) is 0 Å². The van der Waals surface area contributed by atoms with Gasteiger partial charge in [0.25, 0.3) is 0 Å². The van der Waals surface area contributed by atoms with Crippen molar-refractivity contribution < 1.29 is 0 Å². The fraction of sp³-hybridized carbons (Fsp3) is 0.615. The molecule has 3 rings (SSSR count). The SMILES string of the molecule is CCc1nn(CC)c(Cn2nnc(N)c2C2CC2)c1Cl. The average molecular weight is 295 g/mol. The quantitative estimate of drug-likeness (QED) is 0.917. The zero-order chi connectivity index (χ0) is 14.3. The monoisotopic (exact) mass is 294 g/mol. The molecule has 0 aromatic carbocycles. The standard InChI is InChI=1S/C13H19ClN6/c1-3-9-11(14)10(19(4-2)17-9)7-20-12(8-5-6-8)13(15)16-18-20/h8H,3-7,15H2,1-2H3. The number of nitrogens with two attached hydrogens (primary N) is 1. The Bertz CT molecular complexity index is 625. The smallest absolute Gasteiger partial charge is 0.169 e. The molecule has 20 heavy (non-hydrogen) atoms. The van der Waals surface area contributed by atoms with Crippen LogP contribution in [-0.2, 0) is 19.5 Å². The molecule has 0 amide bonds. The minimum Gasteiger partial charge on any atom is -0.381 e. The average Bonchev–Trinajstić information content (AvgIpc) is 3.15. The lowest BCUT2D eigenvalue weighted by molar-refractivity contribution is 0.551. The Labute approximate surface area is 122 Å². The van der Waals surface area contributed by atoms with E-state index in [2.05, 4.69) is 29.3 Å². The van der Waals surface area contributed by atoms with Crippen molar-refractivity contribution in [3.8, 4) is 0 Å². The second-order valence-electron chi connectivity index (χ2n) is 5.17. The first-order valence-corrected chi connectivity index (χ1v) is 7.46. The van der Waals surface area contributed by atoms with Gasteiger partial charge in [0.1, 0.15) is 0 Å². The van der Waals surface area contributed by atoms with Gasteiger partial charge in [-0.15, -0.1) is 5.10 Å². The van der Waals surface area contributed by atoms with Crippen LogP contribution in [0.3, 0.4) is 0 Å². The van der Waals surface area contributed by atoms with Crippen LogP contribution >= 0.6 is 11.6 Å². The van der Waals surface area contributed by atoms with Crippen LogP contribution in [0.4, 0.5) is 5.82 Å². The molecule has 6 nitrogen and oxygen atoms in total. The molecule has 7 heteroatoms. The number of aryl methyl sites for hydroxylation is 2. The van der Waals surface area contributed by atoms with Gasteiger partial charge in [0.05, 0.1) is 28.6 Å². The molecule has 1 aliphatic rings. The molecule has 2 aromatic heterocycles. The van der Waals surface area contributed by atoms with Crippen LogP contribution in [0.15, 0.2) is 0 Å². The molecule has 0 aliphatic heterocycles. The molecule has 0 atom stereocenters. The molecular formula is C13H19ClN6. The van der Waals surface area contributed by atoms with Gasteiger partial charge in [-0.1, -0.05) is 23.7 Å². The minimum atomic E-state index is 0.507. The molecule has 2 N–H and O–H groups in total. The van der Waals surface area contributed by atoms with E-state index in [0.29, 0.717) is 18.3 Å². The highest BCUT2D eigenvalue weighted by molar-refractivity contribution is 6.31. The molecular weight excluding hydrogens is 276 g/mol. The Balaban J connectivity index is 1.97. The summed E-state index contributed by atoms with van der Waals surface area (Å²) >= 11 is 6.44. The Kier molecular flexibility index (Phi) is 3.41. The van der Waals surface area contributed by atoms with Gasteiger partial charge in [-0.2, -0.15) is 5.10 Å². The lowest BCUT2D eigenvalue weighted by Crippen LogP contribution is -2.12. The van der Waals surface area contributed by atoms with Gasteiger partial charge in [0.2, 0.25) is 0 Å². The van der Waals surface area contributed by atoms with Gasteiger partial charge in [0.15, 0.2) is 5.82 Å². The molecule has 2 heterocycles. The third-order valence-electron chi connectivity index (χ3n) is 3.76. The second-order valence-corrected chi connectivity index (χ2v) is 5.55. The van der Waals surface area contributed by atoms with Gasteiger partial charge in [-0.3, -0.25) is 4.68 Å². The summed E-state index contributed by atoms with van der Waals surface area (Å²) in [6.07, 6.45) is 3.16. The summed E-state index contributed by atoms with van der Waals surface area (Å²) in [4.78, 5) is 0. The third kappa shape index (κ3) is 2.18. The van der Waals surface area contributed by atoms with Crippen molar-refractivity contribution in [3.63, 3.8) is 0 Å². The first-order chi connectivity index (χ1) is 9.65. The number of rotatable bonds is 5. The molecule has 1 saturated carbocycles. The van der Waals surface area contributed by atoms with Crippen molar-refractivity contribution in [2.45, 2.75) is 52.1 Å². The molecule has 0 saturated heterocycles. The van der Waals surface area contributed by atoms with E-state index < -0.39 is 0 Å². The summed E-state index contributed by atoms with van der Waals surface area (Å²) in [7, 11) is 0. The highest BCUT2D eigenvalue weighted by Gasteiger charge is 2.31. The molecule has 0 bridgehead atoms. The zero-order valence-corrected chi connectivity index (χ0v) is 12.6. The van der Waals surface area contributed by atoms with Crippen molar-refractivity contribution in [1.82, 2.24) is 24.8 Å². The van der Waals surface area contributed by atoms with Gasteiger partial charge in [0, 0.05) is 12.5 Å². The Morgan fingerprint density at radius 2 is 2.05 bits per heavy atom. The lowest BCUT2D eigenvalue weighted by atomic mass is 10.2. The fourth-order valence-corrected chi connectivity index (χ4v) is 2.87. The highest BCUT2D eigenvalue weighted by Crippen LogP contribution is 2.42. The highest BCUT2D eigenvalue weighted by atomic mass is 35.5. The summed E-state index contributed by atoms with van der Waals surface area (Å²) in [6.45, 7) is 5.48. The van der Waals surface area contributed by atoms with E-state index in [1.165, 1.54) is 12.8 Å². The number of hydrogen-bond acceptors (Lipinski definition) is 4. The molecule has 1 aliphatic carbocycles. The first kappa shape index (κ1) is 13.4. The van der Waals surface area contributed by atoms with E-state index in [-0.39, 0.29) is 0 Å².